The van der Waals surface area contributed by atoms with Gasteiger partial charge in [0.15, 0.2) is 0 Å². The highest BCUT2D eigenvalue weighted by atomic mass is 35.5. The number of nitrogens with one attached hydrogen (secondary N) is 1. The lowest BCUT2D eigenvalue weighted by Crippen LogP contribution is -2.45. The second-order valence-corrected chi connectivity index (χ2v) is 5.46. The van der Waals surface area contributed by atoms with Gasteiger partial charge in [0.2, 0.25) is 0 Å². The van der Waals surface area contributed by atoms with Crippen molar-refractivity contribution in [2.75, 3.05) is 26.2 Å². The van der Waals surface area contributed by atoms with Gasteiger partial charge in [-0.1, -0.05) is 24.3 Å². The van der Waals surface area contributed by atoms with Crippen molar-refractivity contribution in [1.29, 1.82) is 0 Å². The van der Waals surface area contributed by atoms with Gasteiger partial charge in [-0.25, -0.2) is 0 Å². The van der Waals surface area contributed by atoms with Crippen molar-refractivity contribution in [3.8, 4) is 0 Å². The molecule has 120 valence electrons. The Morgan fingerprint density at radius 3 is 2.52 bits per heavy atom. The van der Waals surface area contributed by atoms with E-state index in [0.717, 1.165) is 32.6 Å². The van der Waals surface area contributed by atoms with E-state index in [9.17, 15) is 0 Å². The van der Waals surface area contributed by atoms with Crippen LogP contribution < -0.4 is 5.32 Å². The van der Waals surface area contributed by atoms with Crippen molar-refractivity contribution in [3.05, 3.63) is 47.5 Å². The summed E-state index contributed by atoms with van der Waals surface area (Å²) < 4.78 is 0. The molecule has 4 heteroatoms. The third kappa shape index (κ3) is 5.30. The molecule has 0 amide bonds. The predicted octanol–water partition coefficient (Wildman–Crippen LogP) is 4.06. The molecule has 1 aromatic rings. The van der Waals surface area contributed by atoms with E-state index in [2.05, 4.69) is 48.8 Å². The molecule has 1 saturated heterocycles. The van der Waals surface area contributed by atoms with E-state index in [0.29, 0.717) is 6.04 Å². The molecular weight excluding hydrogens is 303 g/mol. The molecule has 0 aliphatic carbocycles. The van der Waals surface area contributed by atoms with Crippen molar-refractivity contribution >= 4 is 24.8 Å². The third-order valence-corrected chi connectivity index (χ3v) is 4.24. The summed E-state index contributed by atoms with van der Waals surface area (Å²) in [5, 5.41) is 3.44. The van der Waals surface area contributed by atoms with Gasteiger partial charge in [0.05, 0.1) is 0 Å². The van der Waals surface area contributed by atoms with Crippen molar-refractivity contribution in [2.24, 2.45) is 0 Å². The zero-order valence-corrected chi connectivity index (χ0v) is 14.7. The number of hydrogen-bond donors (Lipinski definition) is 1. The van der Waals surface area contributed by atoms with Crippen molar-refractivity contribution < 1.29 is 0 Å². The number of hydrogen-bond acceptors (Lipinski definition) is 2. The topological polar surface area (TPSA) is 15.3 Å². The minimum atomic E-state index is 0. The average molecular weight is 331 g/mol. The zero-order valence-electron chi connectivity index (χ0n) is 13.1. The molecule has 0 aromatic heterocycles. The Morgan fingerprint density at radius 1 is 1.24 bits per heavy atom. The van der Waals surface area contributed by atoms with Gasteiger partial charge < -0.3 is 5.32 Å². The third-order valence-electron chi connectivity index (χ3n) is 4.24. The van der Waals surface area contributed by atoms with E-state index in [1.165, 1.54) is 23.1 Å². The highest BCUT2D eigenvalue weighted by Crippen LogP contribution is 2.30. The lowest BCUT2D eigenvalue weighted by atomic mass is 9.93. The van der Waals surface area contributed by atoms with Crippen LogP contribution in [0.3, 0.4) is 0 Å². The van der Waals surface area contributed by atoms with Crippen LogP contribution in [0.2, 0.25) is 0 Å². The van der Waals surface area contributed by atoms with Crippen LogP contribution in [-0.4, -0.2) is 31.1 Å². The van der Waals surface area contributed by atoms with Gasteiger partial charge in [-0.15, -0.1) is 31.4 Å². The molecule has 1 heterocycles. The number of aryl methyl sites for hydroxylation is 1. The van der Waals surface area contributed by atoms with Crippen LogP contribution in [0.25, 0.3) is 0 Å². The highest BCUT2D eigenvalue weighted by molar-refractivity contribution is 5.85. The molecular formula is C17H28Cl2N2. The summed E-state index contributed by atoms with van der Waals surface area (Å²) in [4.78, 5) is 2.63. The van der Waals surface area contributed by atoms with E-state index >= 15 is 0 Å². The summed E-state index contributed by atoms with van der Waals surface area (Å²) >= 11 is 0. The first kappa shape index (κ1) is 20.5. The molecule has 1 N–H and O–H groups in total. The molecule has 1 fully saturated rings. The van der Waals surface area contributed by atoms with Gasteiger partial charge in [0.1, 0.15) is 0 Å². The molecule has 0 radical (unpaired) electrons. The number of nitrogens with zero attached hydrogens (tertiary/aromatic N) is 1. The number of benzene rings is 1. The maximum atomic E-state index is 3.88. The zero-order chi connectivity index (χ0) is 13.7. The highest BCUT2D eigenvalue weighted by Gasteiger charge is 2.22. The molecule has 0 spiro atoms. The Morgan fingerprint density at radius 2 is 1.90 bits per heavy atom. The van der Waals surface area contributed by atoms with Gasteiger partial charge in [-0.2, -0.15) is 0 Å². The van der Waals surface area contributed by atoms with E-state index in [-0.39, 0.29) is 24.8 Å². The Bertz CT molecular complexity index is 429. The molecule has 21 heavy (non-hydrogen) atoms. The average Bonchev–Trinajstić information content (AvgIpc) is 2.45. The van der Waals surface area contributed by atoms with E-state index in [4.69, 9.17) is 0 Å². The maximum Gasteiger partial charge on any atom is 0.0354 e. The SMILES string of the molecule is C=CCC[C@@H](c1cccc(C)c1C)N1CCNCC1.Cl.Cl. The van der Waals surface area contributed by atoms with Crippen LogP contribution in [-0.2, 0) is 0 Å². The molecule has 0 saturated carbocycles. The molecule has 0 bridgehead atoms. The van der Waals surface area contributed by atoms with Gasteiger partial charge >= 0.3 is 0 Å². The summed E-state index contributed by atoms with van der Waals surface area (Å²) in [6, 6.07) is 7.25. The fraction of sp³-hybridized carbons (Fsp3) is 0.529. The van der Waals surface area contributed by atoms with Crippen molar-refractivity contribution in [1.82, 2.24) is 10.2 Å². The molecule has 1 aliphatic rings. The minimum absolute atomic E-state index is 0. The fourth-order valence-corrected chi connectivity index (χ4v) is 2.94. The summed E-state index contributed by atoms with van der Waals surface area (Å²) in [6.45, 7) is 12.9. The van der Waals surface area contributed by atoms with Gasteiger partial charge in [0.25, 0.3) is 0 Å². The van der Waals surface area contributed by atoms with Gasteiger partial charge in [-0.05, 0) is 43.4 Å². The molecule has 1 aliphatic heterocycles. The predicted molar refractivity (Wildman–Crippen MR) is 97.0 cm³/mol. The van der Waals surface area contributed by atoms with Gasteiger partial charge in [-0.3, -0.25) is 4.90 Å². The summed E-state index contributed by atoms with van der Waals surface area (Å²) in [7, 11) is 0. The van der Waals surface area contributed by atoms with E-state index in [1.807, 2.05) is 6.08 Å². The van der Waals surface area contributed by atoms with Gasteiger partial charge in [0, 0.05) is 32.2 Å². The Hall–Kier alpha value is -0.540. The maximum absolute atomic E-state index is 3.88. The number of piperazine rings is 1. The molecule has 0 unspecified atom stereocenters. The largest absolute Gasteiger partial charge is 0.314 e. The lowest BCUT2D eigenvalue weighted by Gasteiger charge is -2.36. The molecule has 2 nitrogen and oxygen atoms in total. The Kier molecular flexibility index (Phi) is 9.97. The van der Waals surface area contributed by atoms with Crippen LogP contribution in [0, 0.1) is 13.8 Å². The summed E-state index contributed by atoms with van der Waals surface area (Å²) in [5.74, 6) is 0. The number of allylic oxidation sites excluding steroid dienone is 1. The van der Waals surface area contributed by atoms with Crippen LogP contribution in [0.15, 0.2) is 30.9 Å². The first-order valence-corrected chi connectivity index (χ1v) is 7.36. The summed E-state index contributed by atoms with van der Waals surface area (Å²) in [5.41, 5.74) is 4.36. The molecule has 1 atom stereocenters. The normalized spacial score (nSPS) is 16.5. The standard InChI is InChI=1S/C17H26N2.2ClH/c1-4-5-9-17(19-12-10-18-11-13-19)16-8-6-7-14(2)15(16)3;;/h4,6-8,17-18H,1,5,9-13H2,2-3H3;2*1H/t17-;;/m0../s1. The first-order valence-electron chi connectivity index (χ1n) is 7.36. The number of halogens is 2. The second kappa shape index (κ2) is 10.2. The van der Waals surface area contributed by atoms with Crippen LogP contribution in [0.5, 0.6) is 0 Å². The molecule has 2 rings (SSSR count). The minimum Gasteiger partial charge on any atom is -0.314 e. The Labute approximate surface area is 141 Å². The van der Waals surface area contributed by atoms with Crippen LogP contribution >= 0.6 is 24.8 Å². The smallest absolute Gasteiger partial charge is 0.0354 e. The quantitative estimate of drug-likeness (QED) is 0.819. The van der Waals surface area contributed by atoms with Crippen LogP contribution in [0.1, 0.15) is 35.6 Å². The molecule has 1 aromatic carbocycles. The van der Waals surface area contributed by atoms with E-state index in [1.54, 1.807) is 0 Å². The first-order chi connectivity index (χ1) is 9.24. The van der Waals surface area contributed by atoms with Crippen LogP contribution in [0.4, 0.5) is 0 Å². The van der Waals surface area contributed by atoms with Crippen molar-refractivity contribution in [3.63, 3.8) is 0 Å². The number of rotatable bonds is 5. The van der Waals surface area contributed by atoms with E-state index < -0.39 is 0 Å². The second-order valence-electron chi connectivity index (χ2n) is 5.46. The Balaban J connectivity index is 0.00000200. The monoisotopic (exact) mass is 330 g/mol. The lowest BCUT2D eigenvalue weighted by molar-refractivity contribution is 0.165. The fourth-order valence-electron chi connectivity index (χ4n) is 2.94. The summed E-state index contributed by atoms with van der Waals surface area (Å²) in [6.07, 6.45) is 4.30. The van der Waals surface area contributed by atoms with Crippen molar-refractivity contribution in [2.45, 2.75) is 32.7 Å².